The van der Waals surface area contributed by atoms with Crippen LogP contribution in [0.2, 0.25) is 0 Å². The molecule has 0 saturated heterocycles. The maximum absolute atomic E-state index is 4.77. The van der Waals surface area contributed by atoms with Crippen LogP contribution in [-0.4, -0.2) is 4.98 Å². The minimum Gasteiger partial charge on any atom is -0.310 e. The van der Waals surface area contributed by atoms with E-state index in [4.69, 9.17) is 4.98 Å². The molecule has 1 aliphatic carbocycles. The number of hydrogen-bond donors (Lipinski definition) is 0. The van der Waals surface area contributed by atoms with Gasteiger partial charge in [-0.05, 0) is 75.3 Å². The van der Waals surface area contributed by atoms with E-state index < -0.39 is 5.41 Å². The van der Waals surface area contributed by atoms with E-state index in [1.807, 2.05) is 12.3 Å². The lowest BCUT2D eigenvalue weighted by Crippen LogP contribution is -2.36. The van der Waals surface area contributed by atoms with Crippen LogP contribution in [0.1, 0.15) is 22.3 Å². The lowest BCUT2D eigenvalue weighted by Gasteiger charge is -2.45. The number of benzene rings is 6. The van der Waals surface area contributed by atoms with Crippen LogP contribution in [0, 0.1) is 0 Å². The van der Waals surface area contributed by atoms with Crippen molar-refractivity contribution in [3.05, 3.63) is 180 Å². The Morgan fingerprint density at radius 1 is 0.452 bits per heavy atom. The zero-order valence-corrected chi connectivity index (χ0v) is 22.9. The van der Waals surface area contributed by atoms with Crippen LogP contribution >= 0.6 is 0 Å². The first-order valence-electron chi connectivity index (χ1n) is 14.5. The maximum Gasteiger partial charge on any atom is 0.0780 e. The lowest BCUT2D eigenvalue weighted by atomic mass is 9.64. The highest BCUT2D eigenvalue weighted by Gasteiger charge is 2.51. The second-order valence-electron chi connectivity index (χ2n) is 11.1. The molecule has 0 N–H and O–H groups in total. The highest BCUT2D eigenvalue weighted by Crippen LogP contribution is 2.63. The molecule has 0 saturated carbocycles. The Morgan fingerprint density at radius 2 is 1.07 bits per heavy atom. The summed E-state index contributed by atoms with van der Waals surface area (Å²) in [5.74, 6) is 0. The van der Waals surface area contributed by atoms with Gasteiger partial charge in [-0.25, -0.2) is 0 Å². The molecule has 1 aromatic heterocycles. The average Bonchev–Trinajstić information content (AvgIpc) is 3.35. The summed E-state index contributed by atoms with van der Waals surface area (Å²) in [5.41, 5.74) is 14.4. The predicted molar refractivity (Wildman–Crippen MR) is 173 cm³/mol. The number of aromatic nitrogens is 1. The molecule has 9 rings (SSSR count). The SMILES string of the molecule is c1ccc(N2c3ccccc3C3(c4ccccc4-c4cc(-c5cccc6cccnc56)ccc43)c3ccccc32)cc1. The Kier molecular flexibility index (Phi) is 4.85. The lowest BCUT2D eigenvalue weighted by molar-refractivity contribution is 0.753. The molecule has 2 nitrogen and oxygen atoms in total. The molecule has 2 heteroatoms. The van der Waals surface area contributed by atoms with Crippen molar-refractivity contribution in [2.75, 3.05) is 4.90 Å². The summed E-state index contributed by atoms with van der Waals surface area (Å²) in [4.78, 5) is 7.19. The van der Waals surface area contributed by atoms with E-state index in [9.17, 15) is 0 Å². The van der Waals surface area contributed by atoms with E-state index in [1.54, 1.807) is 0 Å². The molecule has 2 aliphatic rings. The van der Waals surface area contributed by atoms with E-state index in [0.717, 1.165) is 22.2 Å². The number of nitrogens with zero attached hydrogens (tertiary/aromatic N) is 2. The molecule has 196 valence electrons. The third kappa shape index (κ3) is 3.01. The van der Waals surface area contributed by atoms with Crippen molar-refractivity contribution in [2.45, 2.75) is 5.41 Å². The van der Waals surface area contributed by atoms with Crippen molar-refractivity contribution in [2.24, 2.45) is 0 Å². The van der Waals surface area contributed by atoms with E-state index in [2.05, 4.69) is 150 Å². The topological polar surface area (TPSA) is 16.1 Å². The summed E-state index contributed by atoms with van der Waals surface area (Å²) in [6.45, 7) is 0. The number of rotatable bonds is 2. The first-order valence-corrected chi connectivity index (χ1v) is 14.5. The van der Waals surface area contributed by atoms with Crippen molar-refractivity contribution in [1.29, 1.82) is 0 Å². The Bertz CT molecular complexity index is 2110. The molecule has 7 aromatic rings. The molecule has 42 heavy (non-hydrogen) atoms. The quantitative estimate of drug-likeness (QED) is 0.219. The van der Waals surface area contributed by atoms with Gasteiger partial charge in [-0.2, -0.15) is 0 Å². The minimum atomic E-state index is -0.431. The molecule has 2 heterocycles. The fourth-order valence-corrected chi connectivity index (χ4v) is 7.47. The standard InChI is InChI=1S/C40H26N2/c1-2-14-29(15-3-1)42-37-21-8-6-19-35(37)40(36-20-7-9-22-38(36)42)33-18-5-4-16-31(33)32-26-28(23-24-34(32)40)30-17-10-12-27-13-11-25-41-39(27)30/h1-26H. The summed E-state index contributed by atoms with van der Waals surface area (Å²) in [5, 5.41) is 1.16. The summed E-state index contributed by atoms with van der Waals surface area (Å²) < 4.78 is 0. The Morgan fingerprint density at radius 3 is 1.86 bits per heavy atom. The number of hydrogen-bond acceptors (Lipinski definition) is 2. The fourth-order valence-electron chi connectivity index (χ4n) is 7.47. The summed E-state index contributed by atoms with van der Waals surface area (Å²) in [7, 11) is 0. The van der Waals surface area contributed by atoms with Crippen LogP contribution < -0.4 is 4.90 Å². The molecule has 0 unspecified atom stereocenters. The number of pyridine rings is 1. The highest BCUT2D eigenvalue weighted by molar-refractivity contribution is 5.99. The third-order valence-corrected chi connectivity index (χ3v) is 9.10. The van der Waals surface area contributed by atoms with Crippen molar-refractivity contribution in [1.82, 2.24) is 4.98 Å². The second-order valence-corrected chi connectivity index (χ2v) is 11.1. The fraction of sp³-hybridized carbons (Fsp3) is 0.0250. The first kappa shape index (κ1) is 23.3. The van der Waals surface area contributed by atoms with Gasteiger partial charge < -0.3 is 4.90 Å². The minimum absolute atomic E-state index is 0.431. The van der Waals surface area contributed by atoms with Gasteiger partial charge in [0.15, 0.2) is 0 Å². The zero-order chi connectivity index (χ0) is 27.7. The number of fused-ring (bicyclic) bond motifs is 10. The van der Waals surface area contributed by atoms with Gasteiger partial charge in [0.1, 0.15) is 0 Å². The van der Waals surface area contributed by atoms with Crippen LogP contribution in [0.5, 0.6) is 0 Å². The van der Waals surface area contributed by atoms with Gasteiger partial charge in [-0.15, -0.1) is 0 Å². The summed E-state index contributed by atoms with van der Waals surface area (Å²) in [6.07, 6.45) is 1.89. The number of para-hydroxylation sites is 4. The Balaban J connectivity index is 1.37. The zero-order valence-electron chi connectivity index (χ0n) is 22.9. The van der Waals surface area contributed by atoms with Crippen LogP contribution in [0.15, 0.2) is 158 Å². The average molecular weight is 535 g/mol. The smallest absolute Gasteiger partial charge is 0.0780 e. The van der Waals surface area contributed by atoms with Crippen molar-refractivity contribution in [3.63, 3.8) is 0 Å². The van der Waals surface area contributed by atoms with Crippen LogP contribution in [0.25, 0.3) is 33.2 Å². The van der Waals surface area contributed by atoms with E-state index in [1.165, 1.54) is 50.3 Å². The molecule has 1 aliphatic heterocycles. The van der Waals surface area contributed by atoms with Crippen molar-refractivity contribution in [3.8, 4) is 22.3 Å². The molecular formula is C40H26N2. The van der Waals surface area contributed by atoms with Gasteiger partial charge in [0, 0.05) is 22.8 Å². The molecule has 0 radical (unpaired) electrons. The number of anilines is 3. The van der Waals surface area contributed by atoms with Gasteiger partial charge in [-0.1, -0.05) is 115 Å². The molecule has 0 bridgehead atoms. The van der Waals surface area contributed by atoms with E-state index in [0.29, 0.717) is 0 Å². The molecule has 6 aromatic carbocycles. The largest absolute Gasteiger partial charge is 0.310 e. The normalized spacial score (nSPS) is 13.9. The van der Waals surface area contributed by atoms with Crippen molar-refractivity contribution >= 4 is 28.0 Å². The van der Waals surface area contributed by atoms with Gasteiger partial charge in [-0.3, -0.25) is 4.98 Å². The monoisotopic (exact) mass is 534 g/mol. The molecule has 1 spiro atoms. The van der Waals surface area contributed by atoms with Crippen LogP contribution in [0.4, 0.5) is 17.1 Å². The predicted octanol–water partition coefficient (Wildman–Crippen LogP) is 10.0. The van der Waals surface area contributed by atoms with Gasteiger partial charge in [0.2, 0.25) is 0 Å². The molecule has 0 fully saturated rings. The summed E-state index contributed by atoms with van der Waals surface area (Å²) in [6, 6.07) is 55.3. The Labute approximate surface area is 245 Å². The van der Waals surface area contributed by atoms with Crippen LogP contribution in [-0.2, 0) is 5.41 Å². The van der Waals surface area contributed by atoms with E-state index >= 15 is 0 Å². The van der Waals surface area contributed by atoms with E-state index in [-0.39, 0.29) is 0 Å². The highest BCUT2D eigenvalue weighted by atomic mass is 15.2. The third-order valence-electron chi connectivity index (χ3n) is 9.10. The van der Waals surface area contributed by atoms with Crippen molar-refractivity contribution < 1.29 is 0 Å². The van der Waals surface area contributed by atoms with Gasteiger partial charge in [0.05, 0.1) is 22.3 Å². The summed E-state index contributed by atoms with van der Waals surface area (Å²) >= 11 is 0. The molecule has 0 atom stereocenters. The van der Waals surface area contributed by atoms with Gasteiger partial charge >= 0.3 is 0 Å². The second kappa shape index (κ2) is 8.76. The first-order chi connectivity index (χ1) is 20.9. The van der Waals surface area contributed by atoms with Crippen LogP contribution in [0.3, 0.4) is 0 Å². The Hall–Kier alpha value is -5.47. The maximum atomic E-state index is 4.77. The molecular weight excluding hydrogens is 508 g/mol. The molecule has 0 amide bonds. The van der Waals surface area contributed by atoms with Gasteiger partial charge in [0.25, 0.3) is 0 Å².